The molecule has 0 fully saturated rings. The molecule has 0 aliphatic heterocycles. The van der Waals surface area contributed by atoms with Gasteiger partial charge in [0, 0.05) is 0 Å². The summed E-state index contributed by atoms with van der Waals surface area (Å²) in [5.41, 5.74) is 1.17. The maximum atomic E-state index is 5.39. The summed E-state index contributed by atoms with van der Waals surface area (Å²) in [6.45, 7) is 4.88. The summed E-state index contributed by atoms with van der Waals surface area (Å²) in [6.07, 6.45) is 9.21. The van der Waals surface area contributed by atoms with Gasteiger partial charge in [-0.1, -0.05) is 19.3 Å². The van der Waals surface area contributed by atoms with Crippen LogP contribution in [0.25, 0.3) is 0 Å². The van der Waals surface area contributed by atoms with Crippen molar-refractivity contribution in [1.29, 1.82) is 0 Å². The molecule has 0 amide bonds. The number of hydrogen-bond acceptors (Lipinski definition) is 2. The van der Waals surface area contributed by atoms with Crippen molar-refractivity contribution in [2.75, 3.05) is 0 Å². The van der Waals surface area contributed by atoms with Gasteiger partial charge >= 0.3 is 0 Å². The summed E-state index contributed by atoms with van der Waals surface area (Å²) in [5, 5.41) is 3.28. The highest BCUT2D eigenvalue weighted by atomic mass is 16.3. The predicted octanol–water partition coefficient (Wildman–Crippen LogP) is 2.48. The van der Waals surface area contributed by atoms with E-state index in [0.29, 0.717) is 6.54 Å². The van der Waals surface area contributed by atoms with Gasteiger partial charge in [-0.25, -0.2) is 0 Å². The van der Waals surface area contributed by atoms with Gasteiger partial charge in [-0.3, -0.25) is 5.32 Å². The van der Waals surface area contributed by atoms with E-state index in [1.54, 1.807) is 6.26 Å². The van der Waals surface area contributed by atoms with Crippen LogP contribution in [0.1, 0.15) is 31.1 Å². The van der Waals surface area contributed by atoms with Crippen LogP contribution in [0.5, 0.6) is 0 Å². The Hall–Kier alpha value is -1.20. The van der Waals surface area contributed by atoms with Gasteiger partial charge in [0.25, 0.3) is 0 Å². The van der Waals surface area contributed by atoms with Crippen LogP contribution >= 0.6 is 0 Å². The smallest absolute Gasteiger partial charge is 0.120 e. The summed E-state index contributed by atoms with van der Waals surface area (Å²) >= 11 is 0. The van der Waals surface area contributed by atoms with Gasteiger partial charge in [0.05, 0.1) is 18.8 Å². The van der Waals surface area contributed by atoms with Gasteiger partial charge in [0.2, 0.25) is 0 Å². The maximum Gasteiger partial charge on any atom is 0.120 e. The van der Waals surface area contributed by atoms with Crippen LogP contribution in [-0.2, 0) is 6.54 Å². The average molecular weight is 191 g/mol. The highest BCUT2D eigenvalue weighted by Gasteiger charge is 2.05. The molecule has 76 valence electrons. The number of hydrogen-bond donors (Lipinski definition) is 1. The SMILES string of the molecule is C#CC(CCC)NCc1occc1C. The number of aryl methyl sites for hydroxylation is 1. The fourth-order valence-electron chi connectivity index (χ4n) is 1.33. The summed E-state index contributed by atoms with van der Waals surface area (Å²) in [7, 11) is 0. The molecule has 1 aromatic heterocycles. The molecule has 1 aromatic rings. The Morgan fingerprint density at radius 2 is 2.43 bits per heavy atom. The van der Waals surface area contributed by atoms with Crippen LogP contribution in [0.3, 0.4) is 0 Å². The minimum Gasteiger partial charge on any atom is -0.468 e. The van der Waals surface area contributed by atoms with Gasteiger partial charge in [0.15, 0.2) is 0 Å². The van der Waals surface area contributed by atoms with E-state index in [0.717, 1.165) is 18.6 Å². The normalized spacial score (nSPS) is 12.4. The molecule has 0 saturated carbocycles. The van der Waals surface area contributed by atoms with E-state index in [4.69, 9.17) is 10.8 Å². The van der Waals surface area contributed by atoms with E-state index in [9.17, 15) is 0 Å². The molecule has 0 bridgehead atoms. The third-order valence-electron chi connectivity index (χ3n) is 2.26. The van der Waals surface area contributed by atoms with Crippen molar-refractivity contribution in [1.82, 2.24) is 5.32 Å². The van der Waals surface area contributed by atoms with E-state index in [-0.39, 0.29) is 6.04 Å². The van der Waals surface area contributed by atoms with Gasteiger partial charge < -0.3 is 4.42 Å². The van der Waals surface area contributed by atoms with Crippen LogP contribution < -0.4 is 5.32 Å². The number of furan rings is 1. The third kappa shape index (κ3) is 2.93. The largest absolute Gasteiger partial charge is 0.468 e. The fraction of sp³-hybridized carbons (Fsp3) is 0.500. The lowest BCUT2D eigenvalue weighted by molar-refractivity contribution is 0.459. The fourth-order valence-corrected chi connectivity index (χ4v) is 1.33. The van der Waals surface area contributed by atoms with Crippen molar-refractivity contribution in [2.45, 2.75) is 39.3 Å². The molecule has 1 heterocycles. The van der Waals surface area contributed by atoms with Crippen LogP contribution in [0.2, 0.25) is 0 Å². The molecule has 0 aromatic carbocycles. The Balaban J connectivity index is 2.40. The summed E-state index contributed by atoms with van der Waals surface area (Å²) in [4.78, 5) is 0. The van der Waals surface area contributed by atoms with Crippen LogP contribution in [0.4, 0.5) is 0 Å². The van der Waals surface area contributed by atoms with Gasteiger partial charge in [-0.2, -0.15) is 0 Å². The van der Waals surface area contributed by atoms with Crippen molar-refractivity contribution in [3.05, 3.63) is 23.7 Å². The predicted molar refractivity (Wildman–Crippen MR) is 57.8 cm³/mol. The minimum absolute atomic E-state index is 0.157. The quantitative estimate of drug-likeness (QED) is 0.723. The van der Waals surface area contributed by atoms with E-state index >= 15 is 0 Å². The lowest BCUT2D eigenvalue weighted by Gasteiger charge is -2.10. The second-order valence-corrected chi connectivity index (χ2v) is 3.42. The third-order valence-corrected chi connectivity index (χ3v) is 2.26. The van der Waals surface area contributed by atoms with E-state index in [1.165, 1.54) is 5.56 Å². The summed E-state index contributed by atoms with van der Waals surface area (Å²) < 4.78 is 5.31. The van der Waals surface area contributed by atoms with E-state index in [1.807, 2.05) is 13.0 Å². The molecule has 2 heteroatoms. The highest BCUT2D eigenvalue weighted by molar-refractivity contribution is 5.14. The first kappa shape index (κ1) is 10.9. The molecule has 1 rings (SSSR count). The molecular weight excluding hydrogens is 174 g/mol. The Bertz CT molecular complexity index is 308. The Morgan fingerprint density at radius 3 is 2.93 bits per heavy atom. The highest BCUT2D eigenvalue weighted by Crippen LogP contribution is 2.08. The monoisotopic (exact) mass is 191 g/mol. The lowest BCUT2D eigenvalue weighted by atomic mass is 10.1. The Kier molecular flexibility index (Phi) is 4.28. The van der Waals surface area contributed by atoms with Crippen LogP contribution in [-0.4, -0.2) is 6.04 Å². The molecule has 1 atom stereocenters. The summed E-state index contributed by atoms with van der Waals surface area (Å²) in [6, 6.07) is 2.12. The second-order valence-electron chi connectivity index (χ2n) is 3.42. The van der Waals surface area contributed by atoms with Crippen molar-refractivity contribution in [2.24, 2.45) is 0 Å². The van der Waals surface area contributed by atoms with Crippen molar-refractivity contribution in [3.63, 3.8) is 0 Å². The molecule has 0 radical (unpaired) electrons. The molecule has 2 nitrogen and oxygen atoms in total. The molecule has 14 heavy (non-hydrogen) atoms. The van der Waals surface area contributed by atoms with Crippen molar-refractivity contribution >= 4 is 0 Å². The van der Waals surface area contributed by atoms with E-state index in [2.05, 4.69) is 18.2 Å². The molecule has 1 N–H and O–H groups in total. The first-order valence-corrected chi connectivity index (χ1v) is 5.00. The van der Waals surface area contributed by atoms with Crippen LogP contribution in [0.15, 0.2) is 16.7 Å². The Labute approximate surface area is 85.7 Å². The summed E-state index contributed by atoms with van der Waals surface area (Å²) in [5.74, 6) is 3.71. The molecule has 0 spiro atoms. The van der Waals surface area contributed by atoms with Crippen molar-refractivity contribution in [3.8, 4) is 12.3 Å². The Morgan fingerprint density at radius 1 is 1.64 bits per heavy atom. The molecule has 0 aliphatic rings. The van der Waals surface area contributed by atoms with Gasteiger partial charge in [-0.05, 0) is 25.0 Å². The molecule has 0 aliphatic carbocycles. The number of rotatable bonds is 5. The second kappa shape index (κ2) is 5.51. The zero-order valence-corrected chi connectivity index (χ0v) is 8.84. The van der Waals surface area contributed by atoms with Crippen LogP contribution in [0, 0.1) is 19.3 Å². The van der Waals surface area contributed by atoms with Gasteiger partial charge in [0.1, 0.15) is 5.76 Å². The van der Waals surface area contributed by atoms with Crippen molar-refractivity contribution < 1.29 is 4.42 Å². The first-order valence-electron chi connectivity index (χ1n) is 5.00. The number of terminal acetylenes is 1. The van der Waals surface area contributed by atoms with E-state index < -0.39 is 0 Å². The zero-order valence-electron chi connectivity index (χ0n) is 8.84. The van der Waals surface area contributed by atoms with Gasteiger partial charge in [-0.15, -0.1) is 6.42 Å². The molecular formula is C12H17NO. The molecule has 1 unspecified atom stereocenters. The molecule has 0 saturated heterocycles. The minimum atomic E-state index is 0.157. The standard InChI is InChI=1S/C12H17NO/c1-4-6-11(5-2)13-9-12-10(3)7-8-14-12/h2,7-8,11,13H,4,6,9H2,1,3H3. The first-order chi connectivity index (χ1) is 6.77. The zero-order chi connectivity index (χ0) is 10.4. The maximum absolute atomic E-state index is 5.39. The average Bonchev–Trinajstić information content (AvgIpc) is 2.59. The number of nitrogens with one attached hydrogen (secondary N) is 1. The topological polar surface area (TPSA) is 25.2 Å². The lowest BCUT2D eigenvalue weighted by Crippen LogP contribution is -2.26.